The van der Waals surface area contributed by atoms with Crippen molar-refractivity contribution in [1.29, 1.82) is 0 Å². The zero-order valence-corrected chi connectivity index (χ0v) is 14.5. The number of ether oxygens (including phenoxy) is 6. The van der Waals surface area contributed by atoms with Crippen LogP contribution in [0.15, 0.2) is 10.2 Å². The van der Waals surface area contributed by atoms with E-state index in [0.29, 0.717) is 0 Å². The van der Waals surface area contributed by atoms with Gasteiger partial charge in [0.1, 0.15) is 18.2 Å². The van der Waals surface area contributed by atoms with E-state index in [4.69, 9.17) is 34.7 Å². The molecule has 6 atom stereocenters. The minimum Gasteiger partial charge on any atom is -0.467 e. The maximum absolute atomic E-state index is 12.5. The first-order valence-corrected chi connectivity index (χ1v) is 7.83. The van der Waals surface area contributed by atoms with Crippen molar-refractivity contribution in [2.45, 2.75) is 55.8 Å². The van der Waals surface area contributed by atoms with Gasteiger partial charge in [-0.15, -0.1) is 0 Å². The molecule has 0 bridgehead atoms. The normalized spacial score (nSPS) is 39.2. The number of carbonyl (C=O) groups is 2. The highest BCUT2D eigenvalue weighted by molar-refractivity contribution is 5.81. The molecule has 146 valence electrons. The SMILES string of the molecule is COC(=O)[C@@]1(N=[N+]=[N-])OC([C@H]2COC(C)(C)O2)[C@@H]2OC(=O)OC2C1N=[N+]=[N-]. The van der Waals surface area contributed by atoms with Crippen molar-refractivity contribution in [3.05, 3.63) is 20.9 Å². The summed E-state index contributed by atoms with van der Waals surface area (Å²) >= 11 is 0. The maximum Gasteiger partial charge on any atom is 0.509 e. The summed E-state index contributed by atoms with van der Waals surface area (Å²) in [5.74, 6) is -2.09. The van der Waals surface area contributed by atoms with Crippen LogP contribution in [0, 0.1) is 0 Å². The van der Waals surface area contributed by atoms with Crippen LogP contribution in [-0.2, 0) is 33.2 Å². The topological polar surface area (TPSA) is 187 Å². The Kier molecular flexibility index (Phi) is 4.76. The summed E-state index contributed by atoms with van der Waals surface area (Å²) in [5, 5.41) is 6.86. The Bertz CT molecular complexity index is 747. The highest BCUT2D eigenvalue weighted by Crippen LogP contribution is 2.43. The second-order valence-electron chi connectivity index (χ2n) is 6.39. The molecule has 27 heavy (non-hydrogen) atoms. The molecule has 0 aromatic carbocycles. The Hall–Kier alpha value is -2.76. The van der Waals surface area contributed by atoms with Crippen LogP contribution in [0.4, 0.5) is 4.79 Å². The summed E-state index contributed by atoms with van der Waals surface area (Å²) in [4.78, 5) is 29.5. The molecule has 0 radical (unpaired) electrons. The predicted octanol–water partition coefficient (Wildman–Crippen LogP) is 1.30. The minimum atomic E-state index is -2.42. The Balaban J connectivity index is 2.09. The molecule has 3 saturated heterocycles. The zero-order chi connectivity index (χ0) is 19.8. The molecular weight excluding hydrogens is 368 g/mol. The molecule has 0 amide bonds. The van der Waals surface area contributed by atoms with Crippen LogP contribution in [-0.4, -0.2) is 67.8 Å². The molecule has 3 rings (SSSR count). The molecule has 0 N–H and O–H groups in total. The molecular formula is C13H16N6O8. The Morgan fingerprint density at radius 1 is 1.19 bits per heavy atom. The number of azide groups is 2. The van der Waals surface area contributed by atoms with Gasteiger partial charge in [0.2, 0.25) is 0 Å². The van der Waals surface area contributed by atoms with E-state index in [2.05, 4.69) is 24.8 Å². The van der Waals surface area contributed by atoms with Gasteiger partial charge in [-0.2, -0.15) is 0 Å². The second kappa shape index (κ2) is 6.76. The van der Waals surface area contributed by atoms with Crippen LogP contribution in [0.5, 0.6) is 0 Å². The third kappa shape index (κ3) is 3.09. The third-order valence-corrected chi connectivity index (χ3v) is 4.38. The molecule has 0 aromatic rings. The summed E-state index contributed by atoms with van der Waals surface area (Å²) in [5.41, 5.74) is 15.5. The molecule has 3 unspecified atom stereocenters. The fourth-order valence-electron chi connectivity index (χ4n) is 3.32. The molecule has 0 aliphatic carbocycles. The van der Waals surface area contributed by atoms with Crippen molar-refractivity contribution < 1.29 is 38.0 Å². The van der Waals surface area contributed by atoms with Gasteiger partial charge in [0, 0.05) is 9.82 Å². The largest absolute Gasteiger partial charge is 0.509 e. The lowest BCUT2D eigenvalue weighted by Gasteiger charge is -2.44. The summed E-state index contributed by atoms with van der Waals surface area (Å²) < 4.78 is 31.8. The summed E-state index contributed by atoms with van der Waals surface area (Å²) in [6, 6.07) is -1.56. The molecule has 14 nitrogen and oxygen atoms in total. The summed E-state index contributed by atoms with van der Waals surface area (Å²) in [6.45, 7) is 3.36. The second-order valence-corrected chi connectivity index (χ2v) is 6.39. The standard InChI is InChI=1S/C13H16N6O8/c1-12(2)23-4-5(26-12)6-7-8(25-11(21)24-7)9(16-18-14)13(27-6,17-19-15)10(20)22-3/h5-9H,4H2,1-3H3/t5-,6?,7+,8?,9?,13+/m1/s1. The Labute approximate surface area is 151 Å². The molecule has 0 spiro atoms. The van der Waals surface area contributed by atoms with E-state index in [9.17, 15) is 9.59 Å². The first kappa shape index (κ1) is 19.0. The number of hydrogen-bond donors (Lipinski definition) is 0. The van der Waals surface area contributed by atoms with Crippen molar-refractivity contribution in [2.24, 2.45) is 10.2 Å². The molecule has 14 heteroatoms. The Morgan fingerprint density at radius 2 is 1.89 bits per heavy atom. The maximum atomic E-state index is 12.5. The highest BCUT2D eigenvalue weighted by atomic mass is 16.8. The monoisotopic (exact) mass is 384 g/mol. The van der Waals surface area contributed by atoms with Crippen LogP contribution >= 0.6 is 0 Å². The van der Waals surface area contributed by atoms with Gasteiger partial charge in [-0.25, -0.2) is 9.59 Å². The van der Waals surface area contributed by atoms with Gasteiger partial charge < -0.3 is 28.4 Å². The van der Waals surface area contributed by atoms with Crippen molar-refractivity contribution in [2.75, 3.05) is 13.7 Å². The minimum absolute atomic E-state index is 0.0398. The molecule has 3 heterocycles. The first-order valence-electron chi connectivity index (χ1n) is 7.83. The number of esters is 1. The third-order valence-electron chi connectivity index (χ3n) is 4.38. The Morgan fingerprint density at radius 3 is 2.44 bits per heavy atom. The molecule has 3 aliphatic heterocycles. The van der Waals surface area contributed by atoms with E-state index < -0.39 is 54.1 Å². The summed E-state index contributed by atoms with van der Waals surface area (Å²) in [6.07, 6.45) is -5.35. The van der Waals surface area contributed by atoms with Gasteiger partial charge in [0.05, 0.1) is 13.7 Å². The van der Waals surface area contributed by atoms with Gasteiger partial charge in [0.25, 0.3) is 5.72 Å². The fraction of sp³-hybridized carbons (Fsp3) is 0.846. The van der Waals surface area contributed by atoms with E-state index in [0.717, 1.165) is 7.11 Å². The van der Waals surface area contributed by atoms with Crippen LogP contribution in [0.3, 0.4) is 0 Å². The van der Waals surface area contributed by atoms with Crippen molar-refractivity contribution in [1.82, 2.24) is 0 Å². The predicted molar refractivity (Wildman–Crippen MR) is 81.7 cm³/mol. The van der Waals surface area contributed by atoms with E-state index in [1.807, 2.05) is 0 Å². The van der Waals surface area contributed by atoms with Crippen LogP contribution in [0.2, 0.25) is 0 Å². The quantitative estimate of drug-likeness (QED) is 0.300. The lowest BCUT2D eigenvalue weighted by atomic mass is 9.87. The molecule has 0 saturated carbocycles. The highest BCUT2D eigenvalue weighted by Gasteiger charge is 2.66. The van der Waals surface area contributed by atoms with Gasteiger partial charge in [-0.05, 0) is 30.0 Å². The van der Waals surface area contributed by atoms with E-state index >= 15 is 0 Å². The van der Waals surface area contributed by atoms with Crippen molar-refractivity contribution >= 4 is 12.1 Å². The van der Waals surface area contributed by atoms with E-state index in [1.165, 1.54) is 0 Å². The number of nitrogens with zero attached hydrogens (tertiary/aromatic N) is 6. The van der Waals surface area contributed by atoms with Gasteiger partial charge in [-0.3, -0.25) is 0 Å². The number of carbonyl (C=O) groups excluding carboxylic acids is 2. The van der Waals surface area contributed by atoms with Gasteiger partial charge in [0.15, 0.2) is 18.0 Å². The average Bonchev–Trinajstić information content (AvgIpc) is 3.18. The van der Waals surface area contributed by atoms with Crippen LogP contribution in [0.1, 0.15) is 13.8 Å². The summed E-state index contributed by atoms with van der Waals surface area (Å²) in [7, 11) is 1.03. The van der Waals surface area contributed by atoms with Crippen molar-refractivity contribution in [3.63, 3.8) is 0 Å². The smallest absolute Gasteiger partial charge is 0.467 e. The molecule has 3 aliphatic rings. The van der Waals surface area contributed by atoms with E-state index in [-0.39, 0.29) is 6.61 Å². The lowest BCUT2D eigenvalue weighted by molar-refractivity contribution is -0.239. The van der Waals surface area contributed by atoms with Crippen LogP contribution < -0.4 is 0 Å². The number of fused-ring (bicyclic) bond motifs is 1. The lowest BCUT2D eigenvalue weighted by Crippen LogP contribution is -2.67. The fourth-order valence-corrected chi connectivity index (χ4v) is 3.32. The van der Waals surface area contributed by atoms with Gasteiger partial charge in [-0.1, -0.05) is 5.11 Å². The van der Waals surface area contributed by atoms with Gasteiger partial charge >= 0.3 is 12.1 Å². The zero-order valence-electron chi connectivity index (χ0n) is 14.5. The van der Waals surface area contributed by atoms with Crippen molar-refractivity contribution in [3.8, 4) is 0 Å². The first-order chi connectivity index (χ1) is 12.8. The molecule has 0 aromatic heterocycles. The number of hydrogen-bond acceptors (Lipinski definition) is 10. The number of rotatable bonds is 4. The number of methoxy groups -OCH3 is 1. The average molecular weight is 384 g/mol. The van der Waals surface area contributed by atoms with Crippen LogP contribution in [0.25, 0.3) is 20.9 Å². The molecule has 3 fully saturated rings. The van der Waals surface area contributed by atoms with E-state index in [1.54, 1.807) is 13.8 Å².